The van der Waals surface area contributed by atoms with Crippen LogP contribution >= 0.6 is 11.6 Å². The second-order valence-corrected chi connectivity index (χ2v) is 27.8. The number of halogens is 3. The van der Waals surface area contributed by atoms with Crippen molar-refractivity contribution < 1.29 is 33.0 Å². The molecule has 11 nitrogen and oxygen atoms in total. The van der Waals surface area contributed by atoms with Gasteiger partial charge in [-0.15, -0.1) is 0 Å². The van der Waals surface area contributed by atoms with Gasteiger partial charge in [0, 0.05) is 64.8 Å². The highest BCUT2D eigenvalue weighted by Gasteiger charge is 2.55. The van der Waals surface area contributed by atoms with Gasteiger partial charge in [-0.05, 0) is 43.8 Å². The van der Waals surface area contributed by atoms with E-state index in [1.807, 2.05) is 4.57 Å². The minimum Gasteiger partial charge on any atom is -0.465 e. The number of nitrogens with one attached hydrogen (secondary N) is 1. The largest absolute Gasteiger partial charge is 0.465 e. The molecule has 2 N–H and O–H groups in total. The fourth-order valence-electron chi connectivity index (χ4n) is 7.19. The van der Waals surface area contributed by atoms with E-state index in [2.05, 4.69) is 49.5 Å². The lowest BCUT2D eigenvalue weighted by atomic mass is 9.97. The summed E-state index contributed by atoms with van der Waals surface area (Å²) in [5, 5.41) is 11.7. The molecule has 50 heavy (non-hydrogen) atoms. The van der Waals surface area contributed by atoms with E-state index in [-0.39, 0.29) is 42.3 Å². The second kappa shape index (κ2) is 13.8. The molecule has 16 heteroatoms. The standard InChI is InChI=1S/C34H47ClF2N6O5Si2/c1-49(2,3)13-11-47-19-41-18-25(30-31(41)40-27(17-38-30)43-22-7-8-23(43)16-21(15-22)39-33(45)46)24-9-10-26-28(29(24)35)34(36,37)32(44)42(26)20-48-12-14-50(4,5)6/h9-10,17-18,21-23,39H,7-8,11-16,19-20H2,1-6H3,(H,45,46)/t21-,22+,23-. The highest BCUT2D eigenvalue weighted by Crippen LogP contribution is 2.51. The van der Waals surface area contributed by atoms with Crippen LogP contribution in [-0.4, -0.2) is 85.9 Å². The first-order valence-electron chi connectivity index (χ1n) is 17.3. The number of anilines is 2. The van der Waals surface area contributed by atoms with Crippen LogP contribution in [0.2, 0.25) is 56.4 Å². The zero-order valence-electron chi connectivity index (χ0n) is 29.6. The highest BCUT2D eigenvalue weighted by atomic mass is 35.5. The molecule has 3 aromatic rings. The lowest BCUT2D eigenvalue weighted by molar-refractivity contribution is -0.142. The van der Waals surface area contributed by atoms with Crippen molar-refractivity contribution in [1.29, 1.82) is 0 Å². The minimum absolute atomic E-state index is 0.0322. The third kappa shape index (κ3) is 7.43. The Kier molecular flexibility index (Phi) is 10.1. The van der Waals surface area contributed by atoms with Gasteiger partial charge in [0.2, 0.25) is 0 Å². The Hall–Kier alpha value is -3.12. The number of fused-ring (bicyclic) bond motifs is 4. The van der Waals surface area contributed by atoms with Gasteiger partial charge >= 0.3 is 17.9 Å². The summed E-state index contributed by atoms with van der Waals surface area (Å²) < 4.78 is 45.0. The van der Waals surface area contributed by atoms with Crippen molar-refractivity contribution in [2.45, 2.75) is 108 Å². The Morgan fingerprint density at radius 3 is 2.24 bits per heavy atom. The van der Waals surface area contributed by atoms with Gasteiger partial charge in [-0.1, -0.05) is 56.9 Å². The molecule has 0 radical (unpaired) electrons. The molecule has 2 aromatic heterocycles. The van der Waals surface area contributed by atoms with Crippen LogP contribution in [0.4, 0.5) is 25.1 Å². The maximum atomic E-state index is 15.7. The first kappa shape index (κ1) is 36.7. The maximum absolute atomic E-state index is 15.7. The number of benzene rings is 1. The molecular weight excluding hydrogens is 702 g/mol. The van der Waals surface area contributed by atoms with Crippen molar-refractivity contribution in [1.82, 2.24) is 19.9 Å². The molecule has 1 aromatic carbocycles. The first-order chi connectivity index (χ1) is 23.4. The number of nitrogens with zero attached hydrogens (tertiary/aromatic N) is 5. The summed E-state index contributed by atoms with van der Waals surface area (Å²) in [5.41, 5.74) is 1.30. The Labute approximate surface area is 298 Å². The molecule has 0 aliphatic carbocycles. The van der Waals surface area contributed by atoms with Gasteiger partial charge in [-0.2, -0.15) is 8.78 Å². The molecule has 272 valence electrons. The fourth-order valence-corrected chi connectivity index (χ4v) is 9.08. The topological polar surface area (TPSA) is 122 Å². The summed E-state index contributed by atoms with van der Waals surface area (Å²) in [5.74, 6) is -4.52. The zero-order valence-corrected chi connectivity index (χ0v) is 32.3. The maximum Gasteiger partial charge on any atom is 0.404 e. The van der Waals surface area contributed by atoms with E-state index in [4.69, 9.17) is 31.0 Å². The molecular formula is C34H47ClF2N6O5Si2. The molecule has 0 unspecified atom stereocenters. The van der Waals surface area contributed by atoms with Crippen molar-refractivity contribution in [3.05, 3.63) is 35.1 Å². The van der Waals surface area contributed by atoms with E-state index in [1.165, 1.54) is 6.07 Å². The normalized spacial score (nSPS) is 21.7. The average molecular weight is 749 g/mol. The number of aromatic nitrogens is 3. The van der Waals surface area contributed by atoms with E-state index in [1.54, 1.807) is 18.5 Å². The van der Waals surface area contributed by atoms with Gasteiger partial charge in [0.25, 0.3) is 0 Å². The summed E-state index contributed by atoms with van der Waals surface area (Å²) in [6.07, 6.45) is 5.64. The second-order valence-electron chi connectivity index (χ2n) is 16.1. The Morgan fingerprint density at radius 1 is 1.02 bits per heavy atom. The Bertz CT molecular complexity index is 1770. The smallest absolute Gasteiger partial charge is 0.404 e. The van der Waals surface area contributed by atoms with E-state index < -0.39 is 39.6 Å². The molecule has 0 saturated carbocycles. The highest BCUT2D eigenvalue weighted by molar-refractivity contribution is 6.76. The molecule has 2 saturated heterocycles. The number of amides is 2. The Balaban J connectivity index is 1.34. The zero-order chi connectivity index (χ0) is 36.2. The molecule has 3 aliphatic rings. The van der Waals surface area contributed by atoms with Crippen molar-refractivity contribution >= 4 is 62.4 Å². The number of carboxylic acid groups (broad SMARTS) is 1. The van der Waals surface area contributed by atoms with E-state index >= 15 is 8.78 Å². The van der Waals surface area contributed by atoms with Gasteiger partial charge in [-0.3, -0.25) is 9.69 Å². The summed E-state index contributed by atoms with van der Waals surface area (Å²) in [4.78, 5) is 37.4. The number of carbonyl (C=O) groups is 2. The third-order valence-corrected chi connectivity index (χ3v) is 13.7. The number of ether oxygens (including phenoxy) is 2. The molecule has 2 bridgehead atoms. The van der Waals surface area contributed by atoms with Crippen LogP contribution in [0.25, 0.3) is 22.3 Å². The van der Waals surface area contributed by atoms with Gasteiger partial charge in [0.05, 0.1) is 22.5 Å². The van der Waals surface area contributed by atoms with Crippen LogP contribution in [-0.2, 0) is 26.9 Å². The molecule has 6 rings (SSSR count). The molecule has 5 heterocycles. The number of carbonyl (C=O) groups excluding carboxylic acids is 1. The van der Waals surface area contributed by atoms with Crippen molar-refractivity contribution in [2.24, 2.45) is 0 Å². The van der Waals surface area contributed by atoms with Gasteiger partial charge in [0.1, 0.15) is 24.8 Å². The van der Waals surface area contributed by atoms with Gasteiger partial charge in [0.15, 0.2) is 5.65 Å². The molecule has 2 fully saturated rings. The van der Waals surface area contributed by atoms with Crippen molar-refractivity contribution in [3.8, 4) is 11.1 Å². The van der Waals surface area contributed by atoms with E-state index in [9.17, 15) is 14.7 Å². The first-order valence-corrected chi connectivity index (χ1v) is 25.1. The van der Waals surface area contributed by atoms with Gasteiger partial charge < -0.3 is 29.4 Å². The predicted molar refractivity (Wildman–Crippen MR) is 196 cm³/mol. The summed E-state index contributed by atoms with van der Waals surface area (Å²) >= 11 is 6.83. The summed E-state index contributed by atoms with van der Waals surface area (Å²) in [6.45, 7) is 14.2. The van der Waals surface area contributed by atoms with Crippen LogP contribution in [0.1, 0.15) is 31.2 Å². The quantitative estimate of drug-likeness (QED) is 0.136. The lowest BCUT2D eigenvalue weighted by Gasteiger charge is -2.39. The third-order valence-electron chi connectivity index (χ3n) is 9.85. The van der Waals surface area contributed by atoms with Crippen LogP contribution in [0.5, 0.6) is 0 Å². The molecule has 3 atom stereocenters. The van der Waals surface area contributed by atoms with E-state index in [0.29, 0.717) is 54.2 Å². The molecule has 2 amide bonds. The lowest BCUT2D eigenvalue weighted by Crippen LogP contribution is -2.50. The number of hydrogen-bond acceptors (Lipinski definition) is 7. The fraction of sp³-hybridized carbons (Fsp3) is 0.588. The van der Waals surface area contributed by atoms with Crippen LogP contribution in [0.3, 0.4) is 0 Å². The number of alkyl halides is 2. The minimum atomic E-state index is -3.83. The molecule has 3 aliphatic heterocycles. The van der Waals surface area contributed by atoms with Crippen LogP contribution < -0.4 is 15.1 Å². The summed E-state index contributed by atoms with van der Waals surface area (Å²) in [6, 6.07) is 5.06. The van der Waals surface area contributed by atoms with Crippen LogP contribution in [0, 0.1) is 0 Å². The van der Waals surface area contributed by atoms with Crippen LogP contribution in [0.15, 0.2) is 24.5 Å². The SMILES string of the molecule is C[Si](C)(C)CCOCN1C(=O)C(F)(F)c2c1ccc(-c1cn(COCC[Si](C)(C)C)c3nc(N4[C@@H]5CC[C@H]4C[C@@H](NC(=O)O)C5)cnc13)c2Cl. The average Bonchev–Trinajstić information content (AvgIpc) is 3.57. The number of rotatable bonds is 13. The van der Waals surface area contributed by atoms with Gasteiger partial charge in [-0.25, -0.2) is 14.8 Å². The van der Waals surface area contributed by atoms with Crippen molar-refractivity contribution in [3.63, 3.8) is 0 Å². The Morgan fingerprint density at radius 2 is 1.64 bits per heavy atom. The monoisotopic (exact) mass is 748 g/mol. The molecule has 0 spiro atoms. The van der Waals surface area contributed by atoms with Crippen molar-refractivity contribution in [2.75, 3.05) is 29.7 Å². The van der Waals surface area contributed by atoms with E-state index in [0.717, 1.165) is 29.8 Å². The summed E-state index contributed by atoms with van der Waals surface area (Å²) in [7, 11) is -2.77. The number of hydrogen-bond donors (Lipinski definition) is 2. The number of piperidine rings is 1. The predicted octanol–water partition coefficient (Wildman–Crippen LogP) is 7.58.